The second kappa shape index (κ2) is 6.36. The zero-order valence-corrected chi connectivity index (χ0v) is 14.3. The summed E-state index contributed by atoms with van der Waals surface area (Å²) >= 11 is 0. The van der Waals surface area contributed by atoms with Crippen LogP contribution in [-0.2, 0) is 0 Å². The first kappa shape index (κ1) is 16.4. The van der Waals surface area contributed by atoms with Crippen molar-refractivity contribution in [3.63, 3.8) is 0 Å². The van der Waals surface area contributed by atoms with Gasteiger partial charge in [0.25, 0.3) is 11.8 Å². The number of aromatic nitrogens is 3. The fourth-order valence-corrected chi connectivity index (χ4v) is 3.72. The Hall–Kier alpha value is -3.03. The summed E-state index contributed by atoms with van der Waals surface area (Å²) in [6, 6.07) is 6.66. The average molecular weight is 353 g/mol. The number of aromatic amines is 1. The lowest BCUT2D eigenvalue weighted by atomic mass is 10.2. The van der Waals surface area contributed by atoms with Crippen LogP contribution in [0.2, 0.25) is 0 Å². The van der Waals surface area contributed by atoms with Crippen LogP contribution in [0.1, 0.15) is 26.7 Å². The number of aryl methyl sites for hydroxylation is 1. The van der Waals surface area contributed by atoms with Crippen molar-refractivity contribution in [1.29, 1.82) is 0 Å². The molecule has 8 heteroatoms. The summed E-state index contributed by atoms with van der Waals surface area (Å²) in [5.41, 5.74) is 0.569. The quantitative estimate of drug-likeness (QED) is 0.818. The molecule has 2 aromatic rings. The normalized spacial score (nSPS) is 23.4. The van der Waals surface area contributed by atoms with E-state index < -0.39 is 5.91 Å². The van der Waals surface area contributed by atoms with E-state index in [1.165, 1.54) is 6.07 Å². The van der Waals surface area contributed by atoms with Crippen molar-refractivity contribution in [3.8, 4) is 0 Å². The van der Waals surface area contributed by atoms with Crippen LogP contribution in [0, 0.1) is 24.7 Å². The summed E-state index contributed by atoms with van der Waals surface area (Å²) in [5, 5.41) is 9.23. The van der Waals surface area contributed by atoms with Crippen LogP contribution in [0.15, 0.2) is 35.3 Å². The molecule has 26 heavy (non-hydrogen) atoms. The van der Waals surface area contributed by atoms with Crippen LogP contribution in [0.25, 0.3) is 0 Å². The molecule has 2 aromatic heterocycles. The molecule has 0 bridgehead atoms. The highest BCUT2D eigenvalue weighted by atomic mass is 16.2. The van der Waals surface area contributed by atoms with Crippen molar-refractivity contribution in [3.05, 3.63) is 57.8 Å². The van der Waals surface area contributed by atoms with E-state index >= 15 is 0 Å². The van der Waals surface area contributed by atoms with Crippen LogP contribution < -0.4 is 10.7 Å². The SMILES string of the molecule is Cc1cc(=O)c(C(=O)NCC2C3CN(C(=O)c4ccccn4)CC23)n[nH]1. The molecule has 0 spiro atoms. The highest BCUT2D eigenvalue weighted by Crippen LogP contribution is 2.51. The number of carbonyl (C=O) groups is 2. The lowest BCUT2D eigenvalue weighted by molar-refractivity contribution is 0.0759. The summed E-state index contributed by atoms with van der Waals surface area (Å²) < 4.78 is 0. The minimum Gasteiger partial charge on any atom is -0.350 e. The molecule has 8 nitrogen and oxygen atoms in total. The number of nitrogens with one attached hydrogen (secondary N) is 2. The number of likely N-dealkylation sites (tertiary alicyclic amines) is 1. The number of carbonyl (C=O) groups excluding carboxylic acids is 2. The largest absolute Gasteiger partial charge is 0.350 e. The van der Waals surface area contributed by atoms with Gasteiger partial charge in [0.2, 0.25) is 5.43 Å². The van der Waals surface area contributed by atoms with E-state index in [2.05, 4.69) is 20.5 Å². The number of H-pyrrole nitrogens is 1. The topological polar surface area (TPSA) is 108 Å². The van der Waals surface area contributed by atoms with Gasteiger partial charge in [-0.1, -0.05) is 6.07 Å². The van der Waals surface area contributed by atoms with E-state index in [4.69, 9.17) is 0 Å². The third-order valence-electron chi connectivity index (χ3n) is 5.18. The molecule has 2 fully saturated rings. The van der Waals surface area contributed by atoms with Gasteiger partial charge in [-0.3, -0.25) is 24.5 Å². The number of hydrogen-bond donors (Lipinski definition) is 2. The molecule has 2 N–H and O–H groups in total. The number of nitrogens with zero attached hydrogens (tertiary/aromatic N) is 3. The molecule has 0 aromatic carbocycles. The Bertz CT molecular complexity index is 899. The first-order chi connectivity index (χ1) is 12.5. The number of hydrogen-bond acceptors (Lipinski definition) is 5. The number of piperidine rings is 1. The molecule has 0 radical (unpaired) electrons. The van der Waals surface area contributed by atoms with Crippen LogP contribution in [0.5, 0.6) is 0 Å². The lowest BCUT2D eigenvalue weighted by Crippen LogP contribution is -2.35. The van der Waals surface area contributed by atoms with Crippen LogP contribution >= 0.6 is 0 Å². The Morgan fingerprint density at radius 1 is 1.31 bits per heavy atom. The summed E-state index contributed by atoms with van der Waals surface area (Å²) in [6.07, 6.45) is 1.61. The zero-order chi connectivity index (χ0) is 18.3. The second-order valence-electron chi connectivity index (χ2n) is 6.89. The molecule has 1 saturated carbocycles. The first-order valence-electron chi connectivity index (χ1n) is 8.59. The van der Waals surface area contributed by atoms with Gasteiger partial charge < -0.3 is 10.2 Å². The second-order valence-corrected chi connectivity index (χ2v) is 6.89. The summed E-state index contributed by atoms with van der Waals surface area (Å²) in [4.78, 5) is 42.2. The maximum absolute atomic E-state index is 12.4. The predicted molar refractivity (Wildman–Crippen MR) is 92.5 cm³/mol. The van der Waals surface area contributed by atoms with E-state index in [9.17, 15) is 14.4 Å². The van der Waals surface area contributed by atoms with Crippen molar-refractivity contribution in [1.82, 2.24) is 25.4 Å². The third-order valence-corrected chi connectivity index (χ3v) is 5.18. The first-order valence-corrected chi connectivity index (χ1v) is 8.59. The van der Waals surface area contributed by atoms with Gasteiger partial charge >= 0.3 is 0 Å². The van der Waals surface area contributed by atoms with Gasteiger partial charge in [-0.25, -0.2) is 0 Å². The van der Waals surface area contributed by atoms with Gasteiger partial charge in [0.05, 0.1) is 0 Å². The molecule has 2 amide bonds. The fraction of sp³-hybridized carbons (Fsp3) is 0.389. The molecule has 134 valence electrons. The molecular weight excluding hydrogens is 334 g/mol. The molecule has 2 atom stereocenters. The van der Waals surface area contributed by atoms with Crippen LogP contribution in [-0.4, -0.2) is 51.5 Å². The van der Waals surface area contributed by atoms with E-state index in [-0.39, 0.29) is 17.0 Å². The predicted octanol–water partition coefficient (Wildman–Crippen LogP) is 0.221. The van der Waals surface area contributed by atoms with Crippen molar-refractivity contribution in [2.45, 2.75) is 6.92 Å². The maximum Gasteiger partial charge on any atom is 0.275 e. The molecule has 1 aliphatic carbocycles. The minimum atomic E-state index is -0.461. The highest BCUT2D eigenvalue weighted by Gasteiger charge is 2.56. The van der Waals surface area contributed by atoms with Crippen molar-refractivity contribution < 1.29 is 9.59 Å². The van der Waals surface area contributed by atoms with Crippen LogP contribution in [0.3, 0.4) is 0 Å². The Kier molecular flexibility index (Phi) is 4.02. The summed E-state index contributed by atoms with van der Waals surface area (Å²) in [7, 11) is 0. The lowest BCUT2D eigenvalue weighted by Gasteiger charge is -2.19. The zero-order valence-electron chi connectivity index (χ0n) is 14.3. The standard InChI is InChI=1S/C18H19N5O3/c1-10-6-15(24)16(22-21-10)17(25)20-7-11-12-8-23(9-13(11)12)18(26)14-4-2-3-5-19-14/h2-6,11-13H,7-9H2,1H3,(H,20,25)(H,21,24). The van der Waals surface area contributed by atoms with E-state index in [1.807, 2.05) is 4.90 Å². The minimum absolute atomic E-state index is 0.0454. The molecular formula is C18H19N5O3. The van der Waals surface area contributed by atoms with Gasteiger partial charge in [0.15, 0.2) is 5.69 Å². The molecule has 4 rings (SSSR count). The molecule has 2 unspecified atom stereocenters. The number of fused-ring (bicyclic) bond motifs is 1. The molecule has 3 heterocycles. The van der Waals surface area contributed by atoms with E-state index in [1.54, 1.807) is 31.3 Å². The van der Waals surface area contributed by atoms with Gasteiger partial charge in [-0.15, -0.1) is 0 Å². The Morgan fingerprint density at radius 3 is 2.73 bits per heavy atom. The molecule has 1 aliphatic heterocycles. The Labute approximate surface area is 149 Å². The van der Waals surface area contributed by atoms with Gasteiger partial charge in [0, 0.05) is 37.6 Å². The van der Waals surface area contributed by atoms with Crippen LogP contribution in [0.4, 0.5) is 0 Å². The molecule has 2 aliphatic rings. The van der Waals surface area contributed by atoms with Gasteiger partial charge in [-0.2, -0.15) is 5.10 Å². The Balaban J connectivity index is 1.29. The van der Waals surface area contributed by atoms with Crippen molar-refractivity contribution >= 4 is 11.8 Å². The number of pyridine rings is 1. The van der Waals surface area contributed by atoms with Crippen molar-refractivity contribution in [2.24, 2.45) is 17.8 Å². The average Bonchev–Trinajstić information content (AvgIpc) is 3.09. The summed E-state index contributed by atoms with van der Waals surface area (Å²) in [6.45, 7) is 3.57. The van der Waals surface area contributed by atoms with E-state index in [0.29, 0.717) is 48.8 Å². The Morgan fingerprint density at radius 2 is 2.08 bits per heavy atom. The van der Waals surface area contributed by atoms with E-state index in [0.717, 1.165) is 0 Å². The number of rotatable bonds is 4. The maximum atomic E-state index is 12.4. The van der Waals surface area contributed by atoms with Gasteiger partial charge in [0.1, 0.15) is 5.69 Å². The smallest absolute Gasteiger partial charge is 0.275 e. The summed E-state index contributed by atoms with van der Waals surface area (Å²) in [5.74, 6) is 0.629. The monoisotopic (exact) mass is 353 g/mol. The molecule has 1 saturated heterocycles. The number of amides is 2. The highest BCUT2D eigenvalue weighted by molar-refractivity contribution is 5.93. The third kappa shape index (κ3) is 2.98. The van der Waals surface area contributed by atoms with Gasteiger partial charge in [-0.05, 0) is 36.8 Å². The van der Waals surface area contributed by atoms with Crippen molar-refractivity contribution in [2.75, 3.05) is 19.6 Å². The fourth-order valence-electron chi connectivity index (χ4n) is 3.72.